The van der Waals surface area contributed by atoms with Gasteiger partial charge in [0.05, 0.1) is 24.7 Å². The van der Waals surface area contributed by atoms with E-state index in [4.69, 9.17) is 9.47 Å². The van der Waals surface area contributed by atoms with Crippen LogP contribution < -0.4 is 14.8 Å². The number of benzene rings is 2. The average molecular weight is 344 g/mol. The molecule has 132 valence electrons. The van der Waals surface area contributed by atoms with Crippen molar-refractivity contribution in [3.05, 3.63) is 63.7 Å². The van der Waals surface area contributed by atoms with E-state index in [9.17, 15) is 14.9 Å². The molecule has 7 nitrogen and oxygen atoms in total. The predicted octanol–water partition coefficient (Wildman–Crippen LogP) is 3.28. The van der Waals surface area contributed by atoms with Crippen LogP contribution in [-0.4, -0.2) is 25.1 Å². The number of hydrogen-bond acceptors (Lipinski definition) is 5. The minimum absolute atomic E-state index is 0.0627. The Morgan fingerprint density at radius 1 is 1.12 bits per heavy atom. The third-order valence-corrected chi connectivity index (χ3v) is 3.85. The topological polar surface area (TPSA) is 90.7 Å². The highest BCUT2D eigenvalue weighted by molar-refractivity contribution is 5.99. The van der Waals surface area contributed by atoms with Gasteiger partial charge in [-0.3, -0.25) is 14.9 Å². The lowest BCUT2D eigenvalue weighted by Crippen LogP contribution is -2.41. The van der Waals surface area contributed by atoms with E-state index in [1.54, 1.807) is 27.0 Å². The summed E-state index contributed by atoms with van der Waals surface area (Å²) in [6.07, 6.45) is 0. The van der Waals surface area contributed by atoms with Crippen molar-refractivity contribution in [2.45, 2.75) is 19.4 Å². The molecule has 1 N–H and O–H groups in total. The summed E-state index contributed by atoms with van der Waals surface area (Å²) in [4.78, 5) is 23.3. The molecule has 0 aliphatic heterocycles. The molecule has 7 heteroatoms. The molecule has 0 heterocycles. The van der Waals surface area contributed by atoms with E-state index < -0.39 is 16.4 Å². The molecule has 0 aliphatic carbocycles. The number of amides is 1. The minimum Gasteiger partial charge on any atom is -0.497 e. The number of carbonyl (C=O) groups excluding carboxylic acids is 1. The Morgan fingerprint density at radius 2 is 1.80 bits per heavy atom. The first-order chi connectivity index (χ1) is 11.8. The number of ether oxygens (including phenoxy) is 2. The number of nitro groups is 1. The van der Waals surface area contributed by atoms with Crippen molar-refractivity contribution >= 4 is 11.6 Å². The summed E-state index contributed by atoms with van der Waals surface area (Å²) in [5.41, 5.74) is -0.390. The molecule has 1 amide bonds. The Balaban J connectivity index is 2.40. The zero-order valence-corrected chi connectivity index (χ0v) is 14.5. The Labute approximate surface area is 145 Å². The van der Waals surface area contributed by atoms with Crippen molar-refractivity contribution in [3.8, 4) is 11.5 Å². The van der Waals surface area contributed by atoms with Crippen LogP contribution in [0.4, 0.5) is 5.69 Å². The van der Waals surface area contributed by atoms with Crippen molar-refractivity contribution < 1.29 is 19.2 Å². The van der Waals surface area contributed by atoms with Crippen LogP contribution in [-0.2, 0) is 5.54 Å². The van der Waals surface area contributed by atoms with Gasteiger partial charge in [0.15, 0.2) is 0 Å². The van der Waals surface area contributed by atoms with Gasteiger partial charge in [0, 0.05) is 11.6 Å². The minimum atomic E-state index is -0.805. The summed E-state index contributed by atoms with van der Waals surface area (Å²) in [6.45, 7) is 3.60. The smallest absolute Gasteiger partial charge is 0.282 e. The van der Waals surface area contributed by atoms with E-state index in [0.717, 1.165) is 5.56 Å². The number of nitro benzene ring substituents is 1. The van der Waals surface area contributed by atoms with Crippen molar-refractivity contribution in [1.82, 2.24) is 5.32 Å². The SMILES string of the molecule is COc1ccc([N+](=O)[O-])c(C(=O)NC(C)(C)c2ccccc2OC)c1. The summed E-state index contributed by atoms with van der Waals surface area (Å²) >= 11 is 0. The molecule has 0 radical (unpaired) electrons. The lowest BCUT2D eigenvalue weighted by atomic mass is 9.92. The van der Waals surface area contributed by atoms with Crippen LogP contribution >= 0.6 is 0 Å². The van der Waals surface area contributed by atoms with Crippen LogP contribution in [0.15, 0.2) is 42.5 Å². The Morgan fingerprint density at radius 3 is 2.40 bits per heavy atom. The molecule has 2 aromatic rings. The normalized spacial score (nSPS) is 10.9. The Hall–Kier alpha value is -3.09. The number of methoxy groups -OCH3 is 2. The van der Waals surface area contributed by atoms with Crippen molar-refractivity contribution in [3.63, 3.8) is 0 Å². The quantitative estimate of drug-likeness (QED) is 0.641. The van der Waals surface area contributed by atoms with Crippen LogP contribution in [0.2, 0.25) is 0 Å². The van der Waals surface area contributed by atoms with Crippen LogP contribution in [0, 0.1) is 10.1 Å². The molecule has 0 fully saturated rings. The highest BCUT2D eigenvalue weighted by Crippen LogP contribution is 2.31. The number of nitrogens with one attached hydrogen (secondary N) is 1. The van der Waals surface area contributed by atoms with E-state index in [2.05, 4.69) is 5.32 Å². The molecular weight excluding hydrogens is 324 g/mol. The maximum absolute atomic E-state index is 12.7. The van der Waals surface area contributed by atoms with Gasteiger partial charge in [-0.05, 0) is 32.0 Å². The largest absolute Gasteiger partial charge is 0.497 e. The number of nitrogens with zero attached hydrogens (tertiary/aromatic N) is 1. The molecule has 2 rings (SSSR count). The molecule has 0 spiro atoms. The van der Waals surface area contributed by atoms with Gasteiger partial charge < -0.3 is 14.8 Å². The Bertz CT molecular complexity index is 802. The van der Waals surface area contributed by atoms with Gasteiger partial charge in [-0.25, -0.2) is 0 Å². The number of para-hydroxylation sites is 1. The highest BCUT2D eigenvalue weighted by atomic mass is 16.6. The molecule has 0 saturated heterocycles. The van der Waals surface area contributed by atoms with Crippen LogP contribution in [0.25, 0.3) is 0 Å². The number of hydrogen-bond donors (Lipinski definition) is 1. The first-order valence-electron chi connectivity index (χ1n) is 7.58. The molecular formula is C18H20N2O5. The first kappa shape index (κ1) is 18.3. The third-order valence-electron chi connectivity index (χ3n) is 3.85. The molecule has 0 bridgehead atoms. The fraction of sp³-hybridized carbons (Fsp3) is 0.278. The summed E-state index contributed by atoms with van der Waals surface area (Å²) in [6, 6.07) is 11.3. The van der Waals surface area contributed by atoms with Gasteiger partial charge in [-0.1, -0.05) is 18.2 Å². The van der Waals surface area contributed by atoms with Gasteiger partial charge in [0.1, 0.15) is 17.1 Å². The maximum Gasteiger partial charge on any atom is 0.282 e. The molecule has 25 heavy (non-hydrogen) atoms. The van der Waals surface area contributed by atoms with E-state index in [0.29, 0.717) is 11.5 Å². The molecule has 0 aromatic heterocycles. The number of carbonyl (C=O) groups is 1. The highest BCUT2D eigenvalue weighted by Gasteiger charge is 2.29. The zero-order chi connectivity index (χ0) is 18.6. The van der Waals surface area contributed by atoms with Crippen molar-refractivity contribution in [2.75, 3.05) is 14.2 Å². The van der Waals surface area contributed by atoms with Crippen molar-refractivity contribution in [2.24, 2.45) is 0 Å². The van der Waals surface area contributed by atoms with Gasteiger partial charge in [0.25, 0.3) is 11.6 Å². The number of rotatable bonds is 6. The predicted molar refractivity (Wildman–Crippen MR) is 93.1 cm³/mol. The summed E-state index contributed by atoms with van der Waals surface area (Å²) in [5, 5.41) is 14.1. The van der Waals surface area contributed by atoms with Crippen LogP contribution in [0.1, 0.15) is 29.8 Å². The second-order valence-electron chi connectivity index (χ2n) is 5.92. The van der Waals surface area contributed by atoms with E-state index >= 15 is 0 Å². The maximum atomic E-state index is 12.7. The monoisotopic (exact) mass is 344 g/mol. The average Bonchev–Trinajstić information content (AvgIpc) is 2.60. The van der Waals surface area contributed by atoms with E-state index in [1.807, 2.05) is 18.2 Å². The van der Waals surface area contributed by atoms with Crippen LogP contribution in [0.5, 0.6) is 11.5 Å². The van der Waals surface area contributed by atoms with Crippen LogP contribution in [0.3, 0.4) is 0 Å². The van der Waals surface area contributed by atoms with Gasteiger partial charge in [0.2, 0.25) is 0 Å². The second kappa shape index (κ2) is 7.21. The summed E-state index contributed by atoms with van der Waals surface area (Å²) in [7, 11) is 2.98. The van der Waals surface area contributed by atoms with E-state index in [1.165, 1.54) is 25.3 Å². The van der Waals surface area contributed by atoms with Gasteiger partial charge in [-0.15, -0.1) is 0 Å². The molecule has 2 aromatic carbocycles. The first-order valence-corrected chi connectivity index (χ1v) is 7.58. The second-order valence-corrected chi connectivity index (χ2v) is 5.92. The molecule has 0 saturated carbocycles. The molecule has 0 unspecified atom stereocenters. The lowest BCUT2D eigenvalue weighted by molar-refractivity contribution is -0.385. The van der Waals surface area contributed by atoms with Gasteiger partial charge >= 0.3 is 0 Å². The van der Waals surface area contributed by atoms with E-state index in [-0.39, 0.29) is 11.3 Å². The third kappa shape index (κ3) is 3.88. The fourth-order valence-corrected chi connectivity index (χ4v) is 2.56. The standard InChI is InChI=1S/C18H20N2O5/c1-18(2,14-7-5-6-8-16(14)25-4)19-17(21)13-11-12(24-3)9-10-15(13)20(22)23/h5-11H,1-4H3,(H,19,21). The summed E-state index contributed by atoms with van der Waals surface area (Å²) < 4.78 is 10.4. The summed E-state index contributed by atoms with van der Waals surface area (Å²) in [5.74, 6) is 0.417. The molecule has 0 aliphatic rings. The Kier molecular flexibility index (Phi) is 5.26. The zero-order valence-electron chi connectivity index (χ0n) is 14.5. The lowest BCUT2D eigenvalue weighted by Gasteiger charge is -2.28. The molecule has 0 atom stereocenters. The fourth-order valence-electron chi connectivity index (χ4n) is 2.56. The van der Waals surface area contributed by atoms with Gasteiger partial charge in [-0.2, -0.15) is 0 Å². The van der Waals surface area contributed by atoms with Crippen molar-refractivity contribution in [1.29, 1.82) is 0 Å².